The van der Waals surface area contributed by atoms with Crippen LogP contribution in [0.25, 0.3) is 0 Å². The first kappa shape index (κ1) is 17.2. The highest BCUT2D eigenvalue weighted by molar-refractivity contribution is 6.04. The van der Waals surface area contributed by atoms with Crippen LogP contribution in [0.3, 0.4) is 0 Å². The molecule has 0 bridgehead atoms. The molecule has 0 aliphatic heterocycles. The second-order valence-electron chi connectivity index (χ2n) is 6.70. The van der Waals surface area contributed by atoms with Gasteiger partial charge in [-0.05, 0) is 54.7 Å². The Morgan fingerprint density at radius 1 is 1.11 bits per heavy atom. The molecule has 1 aliphatic carbocycles. The third-order valence-electron chi connectivity index (χ3n) is 4.74. The van der Waals surface area contributed by atoms with Gasteiger partial charge < -0.3 is 9.25 Å². The number of nitrogens with zero attached hydrogens (tertiary/aromatic N) is 1. The van der Waals surface area contributed by atoms with E-state index in [1.54, 1.807) is 18.2 Å². The minimum Gasteiger partial charge on any atom is -0.457 e. The molecule has 2 atom stereocenters. The number of oxime groups is 1. The first-order valence-electron chi connectivity index (χ1n) is 8.77. The predicted molar refractivity (Wildman–Crippen MR) is 99.1 cm³/mol. The normalized spacial score (nSPS) is 19.0. The summed E-state index contributed by atoms with van der Waals surface area (Å²) in [4.78, 5) is 17.1. The zero-order chi connectivity index (χ0) is 18.8. The number of carbonyl (C=O) groups is 1. The maximum absolute atomic E-state index is 13.3. The van der Waals surface area contributed by atoms with Gasteiger partial charge in [0.25, 0.3) is 0 Å². The molecule has 0 N–H and O–H groups in total. The summed E-state index contributed by atoms with van der Waals surface area (Å²) in [5, 5.41) is 4.12. The molecule has 1 heterocycles. The SMILES string of the molecule is Cc1ccc([C@H]2C[C@H]2/C(=N\OC(=O)c2ccco2)c2ccc(F)cc2)cc1. The van der Waals surface area contributed by atoms with E-state index in [4.69, 9.17) is 9.25 Å². The van der Waals surface area contributed by atoms with Crippen LogP contribution in [0.2, 0.25) is 0 Å². The summed E-state index contributed by atoms with van der Waals surface area (Å²) in [6.45, 7) is 2.05. The minimum atomic E-state index is -0.660. The minimum absolute atomic E-state index is 0.0862. The molecule has 0 spiro atoms. The fourth-order valence-electron chi connectivity index (χ4n) is 3.16. The zero-order valence-electron chi connectivity index (χ0n) is 14.8. The lowest BCUT2D eigenvalue weighted by atomic mass is 10.0. The predicted octanol–water partition coefficient (Wildman–Crippen LogP) is 5.09. The van der Waals surface area contributed by atoms with Crippen LogP contribution in [0.5, 0.6) is 0 Å². The Balaban J connectivity index is 1.59. The van der Waals surface area contributed by atoms with Crippen molar-refractivity contribution in [1.82, 2.24) is 0 Å². The van der Waals surface area contributed by atoms with E-state index in [-0.39, 0.29) is 17.5 Å². The first-order valence-corrected chi connectivity index (χ1v) is 8.77. The van der Waals surface area contributed by atoms with Gasteiger partial charge in [-0.25, -0.2) is 9.18 Å². The maximum Gasteiger partial charge on any atom is 0.400 e. The van der Waals surface area contributed by atoms with Crippen LogP contribution >= 0.6 is 0 Å². The second-order valence-corrected chi connectivity index (χ2v) is 6.70. The van der Waals surface area contributed by atoms with Gasteiger partial charge in [0.15, 0.2) is 0 Å². The quantitative estimate of drug-likeness (QED) is 0.360. The fraction of sp³-hybridized carbons (Fsp3) is 0.182. The average Bonchev–Trinajstić information content (AvgIpc) is 3.25. The lowest BCUT2D eigenvalue weighted by Gasteiger charge is -2.07. The molecule has 5 heteroatoms. The molecule has 1 saturated carbocycles. The van der Waals surface area contributed by atoms with E-state index in [1.807, 2.05) is 6.92 Å². The summed E-state index contributed by atoms with van der Waals surface area (Å²) in [6, 6.07) is 17.6. The molecule has 0 radical (unpaired) electrons. The van der Waals surface area contributed by atoms with Crippen molar-refractivity contribution in [3.8, 4) is 0 Å². The lowest BCUT2D eigenvalue weighted by Crippen LogP contribution is -2.09. The lowest BCUT2D eigenvalue weighted by molar-refractivity contribution is 0.0479. The van der Waals surface area contributed by atoms with Crippen molar-refractivity contribution in [2.24, 2.45) is 11.1 Å². The molecular weight excluding hydrogens is 345 g/mol. The number of furan rings is 1. The van der Waals surface area contributed by atoms with Crippen LogP contribution < -0.4 is 0 Å². The van der Waals surface area contributed by atoms with E-state index < -0.39 is 5.97 Å². The summed E-state index contributed by atoms with van der Waals surface area (Å²) in [5.41, 5.74) is 3.80. The van der Waals surface area contributed by atoms with Crippen molar-refractivity contribution in [3.63, 3.8) is 0 Å². The number of hydrogen-bond acceptors (Lipinski definition) is 4. The number of halogens is 1. The van der Waals surface area contributed by atoms with Crippen LogP contribution in [-0.2, 0) is 4.84 Å². The van der Waals surface area contributed by atoms with Crippen LogP contribution in [0.15, 0.2) is 76.5 Å². The van der Waals surface area contributed by atoms with Gasteiger partial charge in [0, 0.05) is 5.92 Å². The molecule has 4 rings (SSSR count). The molecule has 1 aromatic heterocycles. The summed E-state index contributed by atoms with van der Waals surface area (Å²) in [6.07, 6.45) is 2.30. The van der Waals surface area contributed by atoms with Crippen molar-refractivity contribution < 1.29 is 18.4 Å². The van der Waals surface area contributed by atoms with Crippen molar-refractivity contribution in [2.45, 2.75) is 19.3 Å². The number of rotatable bonds is 5. The smallest absolute Gasteiger partial charge is 0.400 e. The van der Waals surface area contributed by atoms with E-state index in [0.29, 0.717) is 11.6 Å². The summed E-state index contributed by atoms with van der Waals surface area (Å²) < 4.78 is 18.3. The molecular formula is C22H18FNO3. The highest BCUT2D eigenvalue weighted by atomic mass is 19.1. The van der Waals surface area contributed by atoms with E-state index in [2.05, 4.69) is 29.4 Å². The molecule has 4 nitrogen and oxygen atoms in total. The molecule has 3 aromatic rings. The van der Waals surface area contributed by atoms with Gasteiger partial charge >= 0.3 is 5.97 Å². The van der Waals surface area contributed by atoms with E-state index in [1.165, 1.54) is 35.6 Å². The van der Waals surface area contributed by atoms with Gasteiger partial charge in [0.05, 0.1) is 12.0 Å². The van der Waals surface area contributed by atoms with Crippen molar-refractivity contribution in [3.05, 3.63) is 95.2 Å². The molecule has 136 valence electrons. The summed E-state index contributed by atoms with van der Waals surface area (Å²) in [7, 11) is 0. The Labute approximate surface area is 156 Å². The molecule has 27 heavy (non-hydrogen) atoms. The molecule has 1 aliphatic rings. The summed E-state index contributed by atoms with van der Waals surface area (Å²) >= 11 is 0. The Morgan fingerprint density at radius 3 is 2.52 bits per heavy atom. The number of benzene rings is 2. The molecule has 0 unspecified atom stereocenters. The van der Waals surface area contributed by atoms with Crippen molar-refractivity contribution in [1.29, 1.82) is 0 Å². The van der Waals surface area contributed by atoms with Gasteiger partial charge in [-0.3, -0.25) is 0 Å². The summed E-state index contributed by atoms with van der Waals surface area (Å²) in [5.74, 6) is -0.480. The Bertz CT molecular complexity index is 960. The van der Waals surface area contributed by atoms with Crippen LogP contribution in [0, 0.1) is 18.7 Å². The topological polar surface area (TPSA) is 51.8 Å². The highest BCUT2D eigenvalue weighted by Gasteiger charge is 2.43. The second kappa shape index (κ2) is 7.19. The van der Waals surface area contributed by atoms with E-state index in [0.717, 1.165) is 12.0 Å². The van der Waals surface area contributed by atoms with Crippen LogP contribution in [0.4, 0.5) is 4.39 Å². The van der Waals surface area contributed by atoms with Gasteiger partial charge in [-0.15, -0.1) is 0 Å². The van der Waals surface area contributed by atoms with E-state index in [9.17, 15) is 9.18 Å². The number of hydrogen-bond donors (Lipinski definition) is 0. The Hall–Kier alpha value is -3.21. The highest BCUT2D eigenvalue weighted by Crippen LogP contribution is 2.49. The number of carbonyl (C=O) groups excluding carboxylic acids is 1. The zero-order valence-corrected chi connectivity index (χ0v) is 14.8. The van der Waals surface area contributed by atoms with Crippen LogP contribution in [-0.4, -0.2) is 11.7 Å². The third kappa shape index (κ3) is 3.82. The molecule has 0 saturated heterocycles. The van der Waals surface area contributed by atoms with Crippen molar-refractivity contribution in [2.75, 3.05) is 0 Å². The van der Waals surface area contributed by atoms with Gasteiger partial charge in [-0.1, -0.05) is 47.1 Å². The third-order valence-corrected chi connectivity index (χ3v) is 4.74. The fourth-order valence-corrected chi connectivity index (χ4v) is 3.16. The Kier molecular flexibility index (Phi) is 4.59. The van der Waals surface area contributed by atoms with E-state index >= 15 is 0 Å². The monoisotopic (exact) mass is 363 g/mol. The van der Waals surface area contributed by atoms with Gasteiger partial charge in [0.1, 0.15) is 5.82 Å². The maximum atomic E-state index is 13.3. The average molecular weight is 363 g/mol. The van der Waals surface area contributed by atoms with Gasteiger partial charge in [-0.2, -0.15) is 0 Å². The molecule has 0 amide bonds. The Morgan fingerprint density at radius 2 is 1.85 bits per heavy atom. The van der Waals surface area contributed by atoms with Crippen molar-refractivity contribution >= 4 is 11.7 Å². The molecule has 1 fully saturated rings. The standard InChI is InChI=1S/C22H18FNO3/c1-14-4-6-15(7-5-14)18-13-19(18)21(16-8-10-17(23)11-9-16)24-27-22(25)20-3-2-12-26-20/h2-12,18-19H,13H2,1H3/b24-21-/t18-,19-/m1/s1. The first-order chi connectivity index (χ1) is 13.1. The largest absolute Gasteiger partial charge is 0.457 e. The van der Waals surface area contributed by atoms with Crippen LogP contribution in [0.1, 0.15) is 39.6 Å². The molecule has 2 aromatic carbocycles. The van der Waals surface area contributed by atoms with Gasteiger partial charge in [0.2, 0.25) is 5.76 Å². The number of aryl methyl sites for hydroxylation is 1.